The number of hydrogen-bond donors (Lipinski definition) is 1. The summed E-state index contributed by atoms with van der Waals surface area (Å²) in [5.74, 6) is 2.66. The molecule has 2 rings (SSSR count). The molecule has 2 aliphatic rings. The molecule has 0 radical (unpaired) electrons. The zero-order valence-electron chi connectivity index (χ0n) is 13.1. The van der Waals surface area contributed by atoms with Crippen molar-refractivity contribution in [3.8, 4) is 0 Å². The van der Waals surface area contributed by atoms with Crippen molar-refractivity contribution in [2.45, 2.75) is 65.0 Å². The molecule has 0 amide bonds. The van der Waals surface area contributed by atoms with Crippen molar-refractivity contribution in [2.75, 3.05) is 31.1 Å². The summed E-state index contributed by atoms with van der Waals surface area (Å²) in [7, 11) is 0. The lowest BCUT2D eigenvalue weighted by molar-refractivity contribution is 0.0851. The molecular weight excluding hydrogens is 252 g/mol. The van der Waals surface area contributed by atoms with Gasteiger partial charge in [0.25, 0.3) is 0 Å². The predicted octanol–water partition coefficient (Wildman–Crippen LogP) is 3.37. The van der Waals surface area contributed by atoms with Crippen molar-refractivity contribution < 1.29 is 0 Å². The minimum Gasteiger partial charge on any atom is -0.314 e. The monoisotopic (exact) mass is 284 g/mol. The van der Waals surface area contributed by atoms with E-state index in [1.807, 2.05) is 0 Å². The summed E-state index contributed by atoms with van der Waals surface area (Å²) in [6.07, 6.45) is 7.20. The molecule has 0 aromatic rings. The molecule has 112 valence electrons. The molecule has 0 bridgehead atoms. The van der Waals surface area contributed by atoms with Crippen LogP contribution in [0.1, 0.15) is 52.9 Å². The number of rotatable bonds is 5. The van der Waals surface area contributed by atoms with Crippen LogP contribution in [0.3, 0.4) is 0 Å². The first-order chi connectivity index (χ1) is 9.11. The molecule has 3 heteroatoms. The van der Waals surface area contributed by atoms with Gasteiger partial charge in [-0.15, -0.1) is 0 Å². The van der Waals surface area contributed by atoms with Crippen molar-refractivity contribution in [1.82, 2.24) is 10.2 Å². The zero-order chi connectivity index (χ0) is 13.7. The molecule has 1 unspecified atom stereocenters. The normalized spacial score (nSPS) is 28.7. The van der Waals surface area contributed by atoms with E-state index >= 15 is 0 Å². The average Bonchev–Trinajstić information content (AvgIpc) is 2.41. The fraction of sp³-hybridized carbons (Fsp3) is 1.00. The van der Waals surface area contributed by atoms with Crippen LogP contribution in [-0.4, -0.2) is 48.1 Å². The van der Waals surface area contributed by atoms with Gasteiger partial charge in [0.05, 0.1) is 0 Å². The molecule has 0 aromatic heterocycles. The lowest BCUT2D eigenvalue weighted by Gasteiger charge is -2.45. The topological polar surface area (TPSA) is 15.3 Å². The average molecular weight is 285 g/mol. The quantitative estimate of drug-likeness (QED) is 0.833. The molecule has 1 heterocycles. The predicted molar refractivity (Wildman–Crippen MR) is 87.0 cm³/mol. The lowest BCUT2D eigenvalue weighted by Crippen LogP contribution is -2.51. The van der Waals surface area contributed by atoms with Gasteiger partial charge in [0.2, 0.25) is 0 Å². The number of nitrogens with one attached hydrogen (secondary N) is 1. The van der Waals surface area contributed by atoms with Gasteiger partial charge in [0.15, 0.2) is 0 Å². The van der Waals surface area contributed by atoms with E-state index in [2.05, 4.69) is 42.7 Å². The fourth-order valence-electron chi connectivity index (χ4n) is 3.54. The molecule has 2 nitrogen and oxygen atoms in total. The highest BCUT2D eigenvalue weighted by Gasteiger charge is 2.35. The molecule has 1 N–H and O–H groups in total. The Morgan fingerprint density at radius 2 is 2.00 bits per heavy atom. The summed E-state index contributed by atoms with van der Waals surface area (Å²) in [6, 6.07) is 1.39. The van der Waals surface area contributed by atoms with E-state index in [-0.39, 0.29) is 0 Å². The SMILES string of the molecule is CC(C)NCC1(CN2CCSCC2C)CCCCC1. The molecule has 1 atom stereocenters. The Bertz CT molecular complexity index is 261. The summed E-state index contributed by atoms with van der Waals surface area (Å²) in [5, 5.41) is 3.73. The van der Waals surface area contributed by atoms with Crippen LogP contribution in [0, 0.1) is 5.41 Å². The first kappa shape index (κ1) is 15.7. The summed E-state index contributed by atoms with van der Waals surface area (Å²) in [5.41, 5.74) is 0.554. The Morgan fingerprint density at radius 3 is 2.63 bits per heavy atom. The van der Waals surface area contributed by atoms with Gasteiger partial charge in [0, 0.05) is 43.2 Å². The van der Waals surface area contributed by atoms with Crippen molar-refractivity contribution >= 4 is 11.8 Å². The third kappa shape index (κ3) is 4.64. The highest BCUT2D eigenvalue weighted by atomic mass is 32.2. The fourth-order valence-corrected chi connectivity index (χ4v) is 4.62. The Kier molecular flexibility index (Phi) is 6.04. The molecule has 0 aromatic carbocycles. The van der Waals surface area contributed by atoms with Gasteiger partial charge in [0.1, 0.15) is 0 Å². The molecule has 2 fully saturated rings. The Balaban J connectivity index is 1.95. The maximum Gasteiger partial charge on any atom is 0.0158 e. The highest BCUT2D eigenvalue weighted by molar-refractivity contribution is 7.99. The van der Waals surface area contributed by atoms with Crippen LogP contribution < -0.4 is 5.32 Å². The number of thioether (sulfide) groups is 1. The third-order valence-corrected chi connectivity index (χ3v) is 6.03. The maximum atomic E-state index is 3.73. The van der Waals surface area contributed by atoms with Crippen LogP contribution in [0.25, 0.3) is 0 Å². The van der Waals surface area contributed by atoms with Crippen LogP contribution in [0.15, 0.2) is 0 Å². The van der Waals surface area contributed by atoms with Crippen molar-refractivity contribution in [1.29, 1.82) is 0 Å². The van der Waals surface area contributed by atoms with Gasteiger partial charge >= 0.3 is 0 Å². The Hall–Kier alpha value is 0.270. The van der Waals surface area contributed by atoms with E-state index in [9.17, 15) is 0 Å². The maximum absolute atomic E-state index is 3.73. The van der Waals surface area contributed by atoms with E-state index in [0.717, 1.165) is 6.04 Å². The van der Waals surface area contributed by atoms with Gasteiger partial charge in [-0.25, -0.2) is 0 Å². The summed E-state index contributed by atoms with van der Waals surface area (Å²) in [6.45, 7) is 10.8. The first-order valence-corrected chi connectivity index (χ1v) is 9.32. The van der Waals surface area contributed by atoms with E-state index in [1.165, 1.54) is 63.2 Å². The van der Waals surface area contributed by atoms with Crippen molar-refractivity contribution in [2.24, 2.45) is 5.41 Å². The molecular formula is C16H32N2S. The van der Waals surface area contributed by atoms with Crippen molar-refractivity contribution in [3.63, 3.8) is 0 Å². The molecule has 19 heavy (non-hydrogen) atoms. The third-order valence-electron chi connectivity index (χ3n) is 4.84. The molecule has 0 spiro atoms. The number of nitrogens with zero attached hydrogens (tertiary/aromatic N) is 1. The zero-order valence-corrected chi connectivity index (χ0v) is 13.9. The summed E-state index contributed by atoms with van der Waals surface area (Å²) < 4.78 is 0. The van der Waals surface area contributed by atoms with E-state index < -0.39 is 0 Å². The molecule has 1 aliphatic heterocycles. The van der Waals surface area contributed by atoms with Gasteiger partial charge in [-0.05, 0) is 25.2 Å². The standard InChI is InChI=1S/C16H32N2S/c1-14(2)17-12-16(7-5-4-6-8-16)13-18-9-10-19-11-15(18)3/h14-15,17H,4-13H2,1-3H3. The van der Waals surface area contributed by atoms with Crippen LogP contribution >= 0.6 is 11.8 Å². The van der Waals surface area contributed by atoms with Crippen LogP contribution in [0.5, 0.6) is 0 Å². The summed E-state index contributed by atoms with van der Waals surface area (Å²) in [4.78, 5) is 2.77. The lowest BCUT2D eigenvalue weighted by atomic mass is 9.73. The second-order valence-corrected chi connectivity index (χ2v) is 8.14. The second-order valence-electron chi connectivity index (χ2n) is 6.99. The first-order valence-electron chi connectivity index (χ1n) is 8.16. The van der Waals surface area contributed by atoms with Crippen LogP contribution in [0.2, 0.25) is 0 Å². The smallest absolute Gasteiger partial charge is 0.0158 e. The van der Waals surface area contributed by atoms with E-state index in [1.54, 1.807) is 0 Å². The van der Waals surface area contributed by atoms with Gasteiger partial charge < -0.3 is 5.32 Å². The second kappa shape index (κ2) is 7.33. The highest BCUT2D eigenvalue weighted by Crippen LogP contribution is 2.37. The molecule has 1 saturated heterocycles. The van der Waals surface area contributed by atoms with E-state index in [0.29, 0.717) is 11.5 Å². The molecule has 1 aliphatic carbocycles. The number of hydrogen-bond acceptors (Lipinski definition) is 3. The molecule has 1 saturated carbocycles. The van der Waals surface area contributed by atoms with Crippen molar-refractivity contribution in [3.05, 3.63) is 0 Å². The van der Waals surface area contributed by atoms with Gasteiger partial charge in [-0.2, -0.15) is 11.8 Å². The van der Waals surface area contributed by atoms with Gasteiger partial charge in [-0.1, -0.05) is 33.1 Å². The minimum absolute atomic E-state index is 0.554. The van der Waals surface area contributed by atoms with Crippen LogP contribution in [0.4, 0.5) is 0 Å². The van der Waals surface area contributed by atoms with E-state index in [4.69, 9.17) is 0 Å². The summed E-state index contributed by atoms with van der Waals surface area (Å²) >= 11 is 2.13. The Morgan fingerprint density at radius 1 is 1.26 bits per heavy atom. The minimum atomic E-state index is 0.554. The van der Waals surface area contributed by atoms with Gasteiger partial charge in [-0.3, -0.25) is 4.90 Å². The Labute approximate surface area is 124 Å². The largest absolute Gasteiger partial charge is 0.314 e. The van der Waals surface area contributed by atoms with Crippen LogP contribution in [-0.2, 0) is 0 Å².